The quantitative estimate of drug-likeness (QED) is 0.598. The number of ether oxygens (including phenoxy) is 2. The van der Waals surface area contributed by atoms with Crippen LogP contribution in [0.25, 0.3) is 0 Å². The number of para-hydroxylation sites is 1. The second-order valence-electron chi connectivity index (χ2n) is 7.25. The Morgan fingerprint density at radius 1 is 1.00 bits per heavy atom. The van der Waals surface area contributed by atoms with Crippen LogP contribution >= 0.6 is 0 Å². The topological polar surface area (TPSA) is 106 Å². The molecule has 0 spiro atoms. The van der Waals surface area contributed by atoms with Gasteiger partial charge < -0.3 is 14.8 Å². The summed E-state index contributed by atoms with van der Waals surface area (Å²) < 4.78 is 10.7. The second-order valence-corrected chi connectivity index (χ2v) is 7.25. The summed E-state index contributed by atoms with van der Waals surface area (Å²) in [4.78, 5) is 33.1. The Morgan fingerprint density at radius 2 is 1.76 bits per heavy atom. The average molecular weight is 445 g/mol. The van der Waals surface area contributed by atoms with E-state index in [1.54, 1.807) is 32.4 Å². The van der Waals surface area contributed by atoms with Crippen LogP contribution in [0.2, 0.25) is 0 Å². The highest BCUT2D eigenvalue weighted by atomic mass is 16.5. The third-order valence-corrected chi connectivity index (χ3v) is 5.18. The van der Waals surface area contributed by atoms with Crippen molar-refractivity contribution in [2.75, 3.05) is 19.5 Å². The highest BCUT2D eigenvalue weighted by molar-refractivity contribution is 6.04. The number of rotatable bonds is 7. The summed E-state index contributed by atoms with van der Waals surface area (Å²) in [7, 11) is 3.15. The minimum absolute atomic E-state index is 0.0649. The number of benzene rings is 2. The number of carbonyl (C=O) groups excluding carboxylic acids is 2. The highest BCUT2D eigenvalue weighted by Crippen LogP contribution is 2.29. The normalized spacial score (nSPS) is 13.3. The van der Waals surface area contributed by atoms with Crippen molar-refractivity contribution in [3.63, 3.8) is 0 Å². The molecule has 168 valence electrons. The van der Waals surface area contributed by atoms with E-state index in [2.05, 4.69) is 20.4 Å². The average Bonchev–Trinajstić information content (AvgIpc) is 2.86. The molecule has 0 unspecified atom stereocenters. The zero-order chi connectivity index (χ0) is 23.2. The Morgan fingerprint density at radius 3 is 2.52 bits per heavy atom. The maximum atomic E-state index is 12.6. The fourth-order valence-corrected chi connectivity index (χ4v) is 3.48. The van der Waals surface area contributed by atoms with E-state index in [1.165, 1.54) is 17.4 Å². The predicted octanol–water partition coefficient (Wildman–Crippen LogP) is 3.27. The van der Waals surface area contributed by atoms with E-state index in [1.807, 2.05) is 30.3 Å². The first-order valence-electron chi connectivity index (χ1n) is 10.4. The van der Waals surface area contributed by atoms with Gasteiger partial charge >= 0.3 is 0 Å². The molecule has 0 saturated carbocycles. The summed E-state index contributed by atoms with van der Waals surface area (Å²) in [5, 5.41) is 8.86. The molecule has 0 aliphatic carbocycles. The van der Waals surface area contributed by atoms with Crippen molar-refractivity contribution in [3.05, 3.63) is 77.9 Å². The summed E-state index contributed by atoms with van der Waals surface area (Å²) in [6.07, 6.45) is 3.86. The Labute approximate surface area is 191 Å². The molecule has 1 N–H and O–H groups in total. The number of amides is 2. The van der Waals surface area contributed by atoms with E-state index >= 15 is 0 Å². The van der Waals surface area contributed by atoms with Gasteiger partial charge in [-0.25, -0.2) is 15.0 Å². The predicted molar refractivity (Wildman–Crippen MR) is 122 cm³/mol. The zero-order valence-electron chi connectivity index (χ0n) is 18.3. The van der Waals surface area contributed by atoms with Crippen LogP contribution < -0.4 is 14.8 Å². The Balaban J connectivity index is 1.57. The first-order chi connectivity index (χ1) is 16.1. The van der Waals surface area contributed by atoms with Gasteiger partial charge in [0, 0.05) is 36.5 Å². The standard InChI is InChI=1S/C24H23N5O4/c1-32-20-10-8-16(14-21(20)33-2)19-9-11-22(30)29(28-19)15-17-6-3-4-7-18(17)27-24(31)23-25-12-5-13-26-23/h3-8,10,12-14H,9,11,15H2,1-2H3,(H,27,31). The molecule has 1 aromatic heterocycles. The summed E-state index contributed by atoms with van der Waals surface area (Å²) in [6, 6.07) is 14.5. The van der Waals surface area contributed by atoms with Crippen molar-refractivity contribution >= 4 is 23.2 Å². The van der Waals surface area contributed by atoms with E-state index in [0.717, 1.165) is 16.8 Å². The largest absolute Gasteiger partial charge is 0.493 e. The molecule has 0 radical (unpaired) electrons. The number of hydrazone groups is 1. The van der Waals surface area contributed by atoms with E-state index in [-0.39, 0.29) is 18.3 Å². The third-order valence-electron chi connectivity index (χ3n) is 5.18. The van der Waals surface area contributed by atoms with Gasteiger partial charge in [0.05, 0.1) is 26.5 Å². The lowest BCUT2D eigenvalue weighted by Crippen LogP contribution is -2.32. The Bertz CT molecular complexity index is 1200. The Hall–Kier alpha value is -4.27. The molecule has 1 aliphatic heterocycles. The second kappa shape index (κ2) is 9.90. The molecule has 0 atom stereocenters. The van der Waals surface area contributed by atoms with Crippen LogP contribution in [0.5, 0.6) is 11.5 Å². The number of nitrogens with one attached hydrogen (secondary N) is 1. The molecule has 2 aromatic carbocycles. The van der Waals surface area contributed by atoms with Crippen LogP contribution in [0.3, 0.4) is 0 Å². The minimum atomic E-state index is -0.428. The maximum Gasteiger partial charge on any atom is 0.293 e. The van der Waals surface area contributed by atoms with Crippen molar-refractivity contribution in [2.45, 2.75) is 19.4 Å². The number of methoxy groups -OCH3 is 2. The van der Waals surface area contributed by atoms with Crippen molar-refractivity contribution < 1.29 is 19.1 Å². The van der Waals surface area contributed by atoms with Gasteiger partial charge in [0.25, 0.3) is 5.91 Å². The molecule has 0 saturated heterocycles. The van der Waals surface area contributed by atoms with Crippen LogP contribution in [0.4, 0.5) is 5.69 Å². The van der Waals surface area contributed by atoms with Gasteiger partial charge in [-0.05, 0) is 35.9 Å². The fraction of sp³-hybridized carbons (Fsp3) is 0.208. The molecule has 2 heterocycles. The third kappa shape index (κ3) is 4.98. The molecule has 9 nitrogen and oxygen atoms in total. The van der Waals surface area contributed by atoms with Gasteiger partial charge in [0.1, 0.15) is 0 Å². The number of hydrogen-bond acceptors (Lipinski definition) is 7. The molecule has 3 aromatic rings. The first kappa shape index (κ1) is 21.9. The molecule has 0 bridgehead atoms. The van der Waals surface area contributed by atoms with Gasteiger partial charge in [-0.15, -0.1) is 0 Å². The van der Waals surface area contributed by atoms with E-state index in [4.69, 9.17) is 9.47 Å². The molecular formula is C24H23N5O4. The number of anilines is 1. The zero-order valence-corrected chi connectivity index (χ0v) is 18.3. The molecule has 2 amide bonds. The molecule has 4 rings (SSSR count). The summed E-state index contributed by atoms with van der Waals surface area (Å²) in [6.45, 7) is 0.210. The highest BCUT2D eigenvalue weighted by Gasteiger charge is 2.23. The van der Waals surface area contributed by atoms with Crippen LogP contribution in [0, 0.1) is 0 Å². The lowest BCUT2D eigenvalue weighted by Gasteiger charge is -2.25. The number of nitrogens with zero attached hydrogens (tertiary/aromatic N) is 4. The van der Waals surface area contributed by atoms with Crippen molar-refractivity contribution in [2.24, 2.45) is 5.10 Å². The summed E-state index contributed by atoms with van der Waals surface area (Å²) >= 11 is 0. The minimum Gasteiger partial charge on any atom is -0.493 e. The van der Waals surface area contributed by atoms with Gasteiger partial charge in [-0.1, -0.05) is 18.2 Å². The maximum absolute atomic E-state index is 12.6. The van der Waals surface area contributed by atoms with Crippen molar-refractivity contribution in [1.82, 2.24) is 15.0 Å². The van der Waals surface area contributed by atoms with E-state index in [0.29, 0.717) is 30.0 Å². The molecular weight excluding hydrogens is 422 g/mol. The Kier molecular flexibility index (Phi) is 6.58. The summed E-state index contributed by atoms with van der Waals surface area (Å²) in [5.41, 5.74) is 2.94. The van der Waals surface area contributed by atoms with Gasteiger partial charge in [-0.2, -0.15) is 5.10 Å². The first-order valence-corrected chi connectivity index (χ1v) is 10.4. The van der Waals surface area contributed by atoms with Gasteiger partial charge in [0.15, 0.2) is 11.5 Å². The van der Waals surface area contributed by atoms with Crippen molar-refractivity contribution in [3.8, 4) is 11.5 Å². The fourth-order valence-electron chi connectivity index (χ4n) is 3.48. The lowest BCUT2D eigenvalue weighted by molar-refractivity contribution is -0.132. The number of aromatic nitrogens is 2. The van der Waals surface area contributed by atoms with E-state index in [9.17, 15) is 9.59 Å². The number of carbonyl (C=O) groups is 2. The smallest absolute Gasteiger partial charge is 0.293 e. The SMILES string of the molecule is COc1ccc(C2=NN(Cc3ccccc3NC(=O)c3ncccn3)C(=O)CC2)cc1OC. The van der Waals surface area contributed by atoms with Crippen LogP contribution in [-0.2, 0) is 11.3 Å². The molecule has 9 heteroatoms. The van der Waals surface area contributed by atoms with Gasteiger partial charge in [-0.3, -0.25) is 9.59 Å². The van der Waals surface area contributed by atoms with E-state index < -0.39 is 5.91 Å². The number of hydrogen-bond donors (Lipinski definition) is 1. The monoisotopic (exact) mass is 445 g/mol. The molecule has 33 heavy (non-hydrogen) atoms. The van der Waals surface area contributed by atoms with Gasteiger partial charge in [0.2, 0.25) is 11.7 Å². The van der Waals surface area contributed by atoms with Crippen molar-refractivity contribution in [1.29, 1.82) is 0 Å². The molecule has 0 fully saturated rings. The van der Waals surface area contributed by atoms with Crippen LogP contribution in [-0.4, -0.2) is 46.7 Å². The van der Waals surface area contributed by atoms with Crippen LogP contribution in [0.15, 0.2) is 66.0 Å². The molecule has 1 aliphatic rings. The summed E-state index contributed by atoms with van der Waals surface area (Å²) in [5.74, 6) is 0.763. The lowest BCUT2D eigenvalue weighted by atomic mass is 10.0. The van der Waals surface area contributed by atoms with Crippen LogP contribution in [0.1, 0.15) is 34.6 Å².